The minimum Gasteiger partial charge on any atom is -0.493 e. The second-order valence-electron chi connectivity index (χ2n) is 6.70. The molecule has 0 radical (unpaired) electrons. The van der Waals surface area contributed by atoms with E-state index < -0.39 is 9.84 Å². The predicted molar refractivity (Wildman–Crippen MR) is 124 cm³/mol. The fourth-order valence-electron chi connectivity index (χ4n) is 3.14. The first-order chi connectivity index (χ1) is 14.9. The van der Waals surface area contributed by atoms with Gasteiger partial charge in [-0.25, -0.2) is 8.42 Å². The van der Waals surface area contributed by atoms with Crippen molar-refractivity contribution in [2.24, 2.45) is 0 Å². The predicted octanol–water partition coefficient (Wildman–Crippen LogP) is 5.51. The smallest absolute Gasteiger partial charge is 0.203 e. The van der Waals surface area contributed by atoms with E-state index in [0.717, 1.165) is 11.1 Å². The largest absolute Gasteiger partial charge is 0.493 e. The van der Waals surface area contributed by atoms with Crippen LogP contribution in [0.15, 0.2) is 65.6 Å². The van der Waals surface area contributed by atoms with Crippen molar-refractivity contribution >= 4 is 33.6 Å². The molecule has 7 heteroatoms. The second-order valence-corrected chi connectivity index (χ2v) is 9.13. The summed E-state index contributed by atoms with van der Waals surface area (Å²) in [5, 5.41) is 0.493. The summed E-state index contributed by atoms with van der Waals surface area (Å²) in [6.45, 7) is 0. The van der Waals surface area contributed by atoms with Gasteiger partial charge in [0, 0.05) is 5.02 Å². The van der Waals surface area contributed by atoms with E-state index >= 15 is 0 Å². The molecule has 0 aromatic heterocycles. The highest BCUT2D eigenvalue weighted by Gasteiger charge is 2.17. The molecule has 0 heterocycles. The molecule has 31 heavy (non-hydrogen) atoms. The van der Waals surface area contributed by atoms with E-state index in [9.17, 15) is 8.42 Å². The van der Waals surface area contributed by atoms with E-state index in [-0.39, 0.29) is 10.6 Å². The minimum atomic E-state index is -3.51. The number of halogens is 1. The first-order valence-corrected chi connectivity index (χ1v) is 11.5. The average Bonchev–Trinajstić information content (AvgIpc) is 2.77. The second kappa shape index (κ2) is 9.90. The molecule has 0 aliphatic heterocycles. The molecule has 0 saturated heterocycles. The number of ether oxygens (including phenoxy) is 3. The van der Waals surface area contributed by atoms with Gasteiger partial charge in [-0.05, 0) is 53.1 Å². The van der Waals surface area contributed by atoms with E-state index in [1.807, 2.05) is 48.6 Å². The summed E-state index contributed by atoms with van der Waals surface area (Å²) >= 11 is 5.88. The Labute approximate surface area is 187 Å². The Kier molecular flexibility index (Phi) is 7.25. The first-order valence-electron chi connectivity index (χ1n) is 9.42. The van der Waals surface area contributed by atoms with E-state index in [4.69, 9.17) is 25.8 Å². The molecule has 3 aromatic rings. The van der Waals surface area contributed by atoms with Crippen LogP contribution in [0.3, 0.4) is 0 Å². The fourth-order valence-corrected chi connectivity index (χ4v) is 4.66. The first kappa shape index (κ1) is 22.7. The summed E-state index contributed by atoms with van der Waals surface area (Å²) in [4.78, 5) is 0.236. The average molecular weight is 459 g/mol. The Bertz CT molecular complexity index is 1160. The van der Waals surface area contributed by atoms with Crippen molar-refractivity contribution in [1.82, 2.24) is 0 Å². The zero-order valence-electron chi connectivity index (χ0n) is 17.5. The maximum Gasteiger partial charge on any atom is 0.203 e. The maximum atomic E-state index is 12.9. The normalized spacial score (nSPS) is 11.5. The molecule has 0 unspecified atom stereocenters. The monoisotopic (exact) mass is 458 g/mol. The molecule has 5 nitrogen and oxygen atoms in total. The molecule has 0 amide bonds. The lowest BCUT2D eigenvalue weighted by atomic mass is 10.1. The summed E-state index contributed by atoms with van der Waals surface area (Å²) < 4.78 is 41.9. The van der Waals surface area contributed by atoms with Crippen molar-refractivity contribution in [1.29, 1.82) is 0 Å². The molecule has 0 fully saturated rings. The third-order valence-corrected chi connectivity index (χ3v) is 6.65. The van der Waals surface area contributed by atoms with Crippen molar-refractivity contribution in [3.05, 3.63) is 82.4 Å². The highest BCUT2D eigenvalue weighted by atomic mass is 35.5. The molecule has 0 spiro atoms. The minimum absolute atomic E-state index is 0.121. The lowest BCUT2D eigenvalue weighted by Crippen LogP contribution is -2.06. The van der Waals surface area contributed by atoms with Crippen LogP contribution >= 0.6 is 11.6 Å². The van der Waals surface area contributed by atoms with Crippen LogP contribution in [0.1, 0.15) is 16.7 Å². The summed E-state index contributed by atoms with van der Waals surface area (Å²) in [7, 11) is 1.15. The summed E-state index contributed by atoms with van der Waals surface area (Å²) in [6, 6.07) is 17.2. The van der Waals surface area contributed by atoms with Crippen LogP contribution in [-0.4, -0.2) is 29.7 Å². The van der Waals surface area contributed by atoms with Crippen LogP contribution in [-0.2, 0) is 15.6 Å². The Morgan fingerprint density at radius 3 is 2.03 bits per heavy atom. The van der Waals surface area contributed by atoms with E-state index in [2.05, 4.69) is 0 Å². The van der Waals surface area contributed by atoms with Crippen LogP contribution < -0.4 is 14.2 Å². The molecule has 0 saturated carbocycles. The van der Waals surface area contributed by atoms with Crippen LogP contribution in [0.5, 0.6) is 17.2 Å². The number of rotatable bonds is 8. The Morgan fingerprint density at radius 1 is 0.839 bits per heavy atom. The van der Waals surface area contributed by atoms with Crippen LogP contribution in [0.2, 0.25) is 5.02 Å². The van der Waals surface area contributed by atoms with Crippen LogP contribution in [0.25, 0.3) is 12.2 Å². The van der Waals surface area contributed by atoms with Crippen molar-refractivity contribution in [2.45, 2.75) is 10.6 Å². The number of methoxy groups -OCH3 is 3. The van der Waals surface area contributed by atoms with Gasteiger partial charge in [-0.2, -0.15) is 0 Å². The topological polar surface area (TPSA) is 61.8 Å². The third-order valence-electron chi connectivity index (χ3n) is 4.72. The van der Waals surface area contributed by atoms with Gasteiger partial charge in [0.2, 0.25) is 5.75 Å². The Hall–Kier alpha value is -2.96. The molecule has 0 aliphatic rings. The zero-order valence-corrected chi connectivity index (χ0v) is 19.0. The molecular weight excluding hydrogens is 436 g/mol. The quantitative estimate of drug-likeness (QED) is 0.416. The number of hydrogen-bond acceptors (Lipinski definition) is 5. The molecule has 0 bridgehead atoms. The lowest BCUT2D eigenvalue weighted by Gasteiger charge is -2.13. The van der Waals surface area contributed by atoms with Gasteiger partial charge in [-0.1, -0.05) is 48.0 Å². The fraction of sp³-hybridized carbons (Fsp3) is 0.167. The van der Waals surface area contributed by atoms with Crippen LogP contribution in [0.4, 0.5) is 0 Å². The molecular formula is C24H23ClO5S. The SMILES string of the molecule is COc1cc(/C=C\c2ccccc2CS(=O)(=O)c2ccc(Cl)cc2)cc(OC)c1OC. The van der Waals surface area contributed by atoms with Gasteiger partial charge < -0.3 is 14.2 Å². The highest BCUT2D eigenvalue weighted by Crippen LogP contribution is 2.38. The summed E-state index contributed by atoms with van der Waals surface area (Å²) in [6.07, 6.45) is 3.74. The number of hydrogen-bond donors (Lipinski definition) is 0. The third kappa shape index (κ3) is 5.40. The molecule has 0 atom stereocenters. The lowest BCUT2D eigenvalue weighted by molar-refractivity contribution is 0.324. The van der Waals surface area contributed by atoms with Crippen molar-refractivity contribution < 1.29 is 22.6 Å². The summed E-state index contributed by atoms with van der Waals surface area (Å²) in [5.74, 6) is 1.47. The summed E-state index contributed by atoms with van der Waals surface area (Å²) in [5.41, 5.74) is 2.32. The van der Waals surface area contributed by atoms with E-state index in [1.165, 1.54) is 12.1 Å². The molecule has 0 N–H and O–H groups in total. The Morgan fingerprint density at radius 2 is 1.45 bits per heavy atom. The Balaban J connectivity index is 1.92. The highest BCUT2D eigenvalue weighted by molar-refractivity contribution is 7.90. The van der Waals surface area contributed by atoms with E-state index in [0.29, 0.717) is 27.8 Å². The van der Waals surface area contributed by atoms with Crippen molar-refractivity contribution in [3.63, 3.8) is 0 Å². The maximum absolute atomic E-state index is 12.9. The van der Waals surface area contributed by atoms with Crippen LogP contribution in [0, 0.1) is 0 Å². The van der Waals surface area contributed by atoms with Gasteiger partial charge in [0.25, 0.3) is 0 Å². The number of benzene rings is 3. The van der Waals surface area contributed by atoms with Crippen molar-refractivity contribution in [2.75, 3.05) is 21.3 Å². The molecule has 162 valence electrons. The molecule has 3 rings (SSSR count). The van der Waals surface area contributed by atoms with Gasteiger partial charge in [0.1, 0.15) is 0 Å². The molecule has 3 aromatic carbocycles. The van der Waals surface area contributed by atoms with Gasteiger partial charge >= 0.3 is 0 Å². The van der Waals surface area contributed by atoms with Gasteiger partial charge in [0.05, 0.1) is 32.0 Å². The molecule has 0 aliphatic carbocycles. The zero-order chi connectivity index (χ0) is 22.4. The van der Waals surface area contributed by atoms with Gasteiger partial charge in [-0.3, -0.25) is 0 Å². The van der Waals surface area contributed by atoms with Gasteiger partial charge in [0.15, 0.2) is 21.3 Å². The number of sulfone groups is 1. The van der Waals surface area contributed by atoms with E-state index in [1.54, 1.807) is 33.5 Å². The van der Waals surface area contributed by atoms with Gasteiger partial charge in [-0.15, -0.1) is 0 Å². The standard InChI is InChI=1S/C24H23ClO5S/c1-28-22-14-17(15-23(29-2)24(22)30-3)8-9-18-6-4-5-7-19(18)16-31(26,27)21-12-10-20(25)11-13-21/h4-15H,16H2,1-3H3/b9-8-. The van der Waals surface area contributed by atoms with Crippen molar-refractivity contribution in [3.8, 4) is 17.2 Å².